The zero-order valence-corrected chi connectivity index (χ0v) is 19.2. The van der Waals surface area contributed by atoms with Crippen molar-refractivity contribution in [2.45, 2.75) is 6.92 Å². The predicted molar refractivity (Wildman–Crippen MR) is 128 cm³/mol. The molecule has 0 aliphatic carbocycles. The number of rotatable bonds is 6. The van der Waals surface area contributed by atoms with Crippen molar-refractivity contribution in [3.63, 3.8) is 0 Å². The zero-order chi connectivity index (χ0) is 22.0. The van der Waals surface area contributed by atoms with Crippen LogP contribution in [0.5, 0.6) is 0 Å². The molecule has 4 aromatic rings. The third kappa shape index (κ3) is 5.19. The van der Waals surface area contributed by atoms with Crippen LogP contribution in [0.4, 0.5) is 11.4 Å². The minimum atomic E-state index is -3.31. The first-order valence-electron chi connectivity index (χ1n) is 9.29. The predicted octanol–water partition coefficient (Wildman–Crippen LogP) is 5.47. The molecule has 1 amide bonds. The third-order valence-corrected chi connectivity index (χ3v) is 6.89. The van der Waals surface area contributed by atoms with Crippen molar-refractivity contribution in [2.24, 2.45) is 0 Å². The van der Waals surface area contributed by atoms with Crippen LogP contribution in [0.25, 0.3) is 21.8 Å². The summed E-state index contributed by atoms with van der Waals surface area (Å²) in [5, 5.41) is 5.64. The summed E-state index contributed by atoms with van der Waals surface area (Å²) >= 11 is 2.99. The van der Waals surface area contributed by atoms with Gasteiger partial charge in [-0.1, -0.05) is 18.2 Å². The van der Waals surface area contributed by atoms with Crippen LogP contribution in [-0.2, 0) is 10.0 Å². The highest BCUT2D eigenvalue weighted by Crippen LogP contribution is 2.34. The summed E-state index contributed by atoms with van der Waals surface area (Å²) in [4.78, 5) is 18.7. The Balaban J connectivity index is 1.51. The number of thiophene rings is 1. The number of hydrogen-bond donors (Lipinski definition) is 2. The Morgan fingerprint density at radius 2 is 1.58 bits per heavy atom. The number of sulfonamides is 1. The van der Waals surface area contributed by atoms with E-state index in [9.17, 15) is 13.2 Å². The second-order valence-electron chi connectivity index (χ2n) is 6.88. The van der Waals surface area contributed by atoms with Gasteiger partial charge < -0.3 is 5.32 Å². The Hall–Kier alpha value is -3.01. The first kappa shape index (κ1) is 21.2. The highest BCUT2D eigenvalue weighted by Gasteiger charge is 2.13. The summed E-state index contributed by atoms with van der Waals surface area (Å²) in [6.07, 6.45) is 1.12. The number of carbonyl (C=O) groups excluding carboxylic acids is 1. The lowest BCUT2D eigenvalue weighted by molar-refractivity contribution is 0.103. The lowest BCUT2D eigenvalue weighted by atomic mass is 10.1. The van der Waals surface area contributed by atoms with Crippen LogP contribution in [0, 0.1) is 6.92 Å². The van der Waals surface area contributed by atoms with Crippen LogP contribution in [0.15, 0.2) is 66.0 Å². The minimum absolute atomic E-state index is 0.121. The highest BCUT2D eigenvalue weighted by molar-refractivity contribution is 7.92. The van der Waals surface area contributed by atoms with E-state index in [4.69, 9.17) is 4.98 Å². The fraction of sp³-hybridized carbons (Fsp3) is 0.0909. The Morgan fingerprint density at radius 1 is 0.935 bits per heavy atom. The normalized spacial score (nSPS) is 11.3. The fourth-order valence-electron chi connectivity index (χ4n) is 2.99. The summed E-state index contributed by atoms with van der Waals surface area (Å²) in [7, 11) is -3.31. The van der Waals surface area contributed by atoms with Crippen molar-refractivity contribution in [3.8, 4) is 21.8 Å². The van der Waals surface area contributed by atoms with Gasteiger partial charge in [0.25, 0.3) is 5.91 Å². The van der Waals surface area contributed by atoms with Gasteiger partial charge in [0.2, 0.25) is 10.0 Å². The molecule has 31 heavy (non-hydrogen) atoms. The van der Waals surface area contributed by atoms with Crippen molar-refractivity contribution in [1.29, 1.82) is 0 Å². The van der Waals surface area contributed by atoms with Gasteiger partial charge in [0.05, 0.1) is 16.8 Å². The van der Waals surface area contributed by atoms with Gasteiger partial charge in [-0.3, -0.25) is 9.52 Å². The first-order valence-corrected chi connectivity index (χ1v) is 12.9. The molecule has 2 N–H and O–H groups in total. The van der Waals surface area contributed by atoms with E-state index in [0.717, 1.165) is 38.6 Å². The molecule has 0 aliphatic rings. The molecule has 4 rings (SSSR count). The van der Waals surface area contributed by atoms with Crippen LogP contribution in [0.3, 0.4) is 0 Å². The van der Waals surface area contributed by atoms with E-state index < -0.39 is 10.0 Å². The molecule has 0 aliphatic heterocycles. The quantitative estimate of drug-likeness (QED) is 0.392. The van der Waals surface area contributed by atoms with Crippen LogP contribution in [0.1, 0.15) is 14.5 Å². The van der Waals surface area contributed by atoms with Crippen LogP contribution >= 0.6 is 22.7 Å². The standard InChI is InChI=1S/C22H19N3O3S3/c1-14-20(15-5-11-18(12-6-15)25-31(2,27)28)24-22(30-14)16-7-9-17(10-8-16)23-21(26)19-4-3-13-29-19/h3-13,25H,1-2H3,(H,23,26). The molecule has 0 saturated carbocycles. The molecule has 0 saturated heterocycles. The van der Waals surface area contributed by atoms with Gasteiger partial charge in [0.1, 0.15) is 5.01 Å². The number of aryl methyl sites for hydroxylation is 1. The summed E-state index contributed by atoms with van der Waals surface area (Å²) < 4.78 is 25.2. The molecule has 0 atom stereocenters. The van der Waals surface area contributed by atoms with E-state index in [1.54, 1.807) is 29.5 Å². The largest absolute Gasteiger partial charge is 0.321 e. The van der Waals surface area contributed by atoms with Crippen LogP contribution < -0.4 is 10.0 Å². The van der Waals surface area contributed by atoms with Gasteiger partial charge in [0, 0.05) is 27.4 Å². The van der Waals surface area contributed by atoms with Gasteiger partial charge in [-0.2, -0.15) is 0 Å². The van der Waals surface area contributed by atoms with E-state index in [1.165, 1.54) is 11.3 Å². The number of benzene rings is 2. The topological polar surface area (TPSA) is 88.2 Å². The molecule has 0 unspecified atom stereocenters. The average molecular weight is 470 g/mol. The maximum atomic E-state index is 12.2. The molecular weight excluding hydrogens is 450 g/mol. The second kappa shape index (κ2) is 8.62. The number of amides is 1. The summed E-state index contributed by atoms with van der Waals surface area (Å²) in [6.45, 7) is 2.01. The lowest BCUT2D eigenvalue weighted by Crippen LogP contribution is -2.09. The van der Waals surface area contributed by atoms with E-state index >= 15 is 0 Å². The number of hydrogen-bond acceptors (Lipinski definition) is 6. The number of thiazole rings is 1. The monoisotopic (exact) mass is 469 g/mol. The van der Waals surface area contributed by atoms with Crippen molar-refractivity contribution in [3.05, 3.63) is 75.8 Å². The minimum Gasteiger partial charge on any atom is -0.321 e. The zero-order valence-electron chi connectivity index (χ0n) is 16.7. The van der Waals surface area contributed by atoms with Crippen LogP contribution in [-0.4, -0.2) is 25.6 Å². The summed E-state index contributed by atoms with van der Waals surface area (Å²) in [5.41, 5.74) is 3.98. The second-order valence-corrected chi connectivity index (χ2v) is 10.8. The fourth-order valence-corrected chi connectivity index (χ4v) is 5.12. The molecular formula is C22H19N3O3S3. The Labute approximate surface area is 188 Å². The molecule has 2 aromatic heterocycles. The SMILES string of the molecule is Cc1sc(-c2ccc(NC(=O)c3cccs3)cc2)nc1-c1ccc(NS(C)(=O)=O)cc1. The van der Waals surface area contributed by atoms with Crippen molar-refractivity contribution >= 4 is 50.0 Å². The smallest absolute Gasteiger partial charge is 0.265 e. The maximum absolute atomic E-state index is 12.2. The number of nitrogens with zero attached hydrogens (tertiary/aromatic N) is 1. The molecule has 0 fully saturated rings. The summed E-state index contributed by atoms with van der Waals surface area (Å²) in [6, 6.07) is 18.4. The molecule has 2 heterocycles. The van der Waals surface area contributed by atoms with Gasteiger partial charge >= 0.3 is 0 Å². The third-order valence-electron chi connectivity index (χ3n) is 4.39. The molecule has 9 heteroatoms. The molecule has 0 bridgehead atoms. The molecule has 0 spiro atoms. The Kier molecular flexibility index (Phi) is 5.90. The molecule has 2 aromatic carbocycles. The van der Waals surface area contributed by atoms with E-state index in [-0.39, 0.29) is 5.91 Å². The number of anilines is 2. The van der Waals surface area contributed by atoms with Crippen LogP contribution in [0.2, 0.25) is 0 Å². The summed E-state index contributed by atoms with van der Waals surface area (Å²) in [5.74, 6) is -0.121. The average Bonchev–Trinajstić information content (AvgIpc) is 3.38. The van der Waals surface area contributed by atoms with Gasteiger partial charge in [-0.25, -0.2) is 13.4 Å². The number of carbonyl (C=O) groups is 1. The molecule has 6 nitrogen and oxygen atoms in total. The van der Waals surface area contributed by atoms with Crippen molar-refractivity contribution in [2.75, 3.05) is 16.3 Å². The highest BCUT2D eigenvalue weighted by atomic mass is 32.2. The van der Waals surface area contributed by atoms with Gasteiger partial charge in [0.15, 0.2) is 0 Å². The van der Waals surface area contributed by atoms with E-state index in [1.807, 2.05) is 54.8 Å². The Morgan fingerprint density at radius 3 is 2.19 bits per heavy atom. The maximum Gasteiger partial charge on any atom is 0.265 e. The number of nitrogens with one attached hydrogen (secondary N) is 2. The van der Waals surface area contributed by atoms with Gasteiger partial charge in [-0.15, -0.1) is 22.7 Å². The van der Waals surface area contributed by atoms with E-state index in [0.29, 0.717) is 10.6 Å². The van der Waals surface area contributed by atoms with Crippen molar-refractivity contribution < 1.29 is 13.2 Å². The molecule has 0 radical (unpaired) electrons. The Bertz CT molecular complexity index is 1310. The lowest BCUT2D eigenvalue weighted by Gasteiger charge is -2.05. The van der Waals surface area contributed by atoms with E-state index in [2.05, 4.69) is 10.0 Å². The van der Waals surface area contributed by atoms with Crippen molar-refractivity contribution in [1.82, 2.24) is 4.98 Å². The first-order chi connectivity index (χ1) is 14.8. The van der Waals surface area contributed by atoms with Gasteiger partial charge in [-0.05, 0) is 54.8 Å². The number of aromatic nitrogens is 1. The molecule has 158 valence electrons.